The van der Waals surface area contributed by atoms with Crippen LogP contribution in [0, 0.1) is 5.92 Å². The fourth-order valence-corrected chi connectivity index (χ4v) is 6.09. The molecule has 0 aromatic heterocycles. The molecule has 1 N–H and O–H groups in total. The molecular formula is C23H28N2O5S2. The molecule has 0 radical (unpaired) electrons. The first-order valence-corrected chi connectivity index (χ1v) is 13.3. The summed E-state index contributed by atoms with van der Waals surface area (Å²) in [6, 6.07) is 14.8. The van der Waals surface area contributed by atoms with E-state index in [1.807, 2.05) is 30.3 Å². The van der Waals surface area contributed by atoms with Gasteiger partial charge in [-0.2, -0.15) is 4.31 Å². The second kappa shape index (κ2) is 10.6. The van der Waals surface area contributed by atoms with Crippen LogP contribution in [0.1, 0.15) is 19.3 Å². The van der Waals surface area contributed by atoms with E-state index < -0.39 is 10.0 Å². The lowest BCUT2D eigenvalue weighted by Crippen LogP contribution is -2.43. The van der Waals surface area contributed by atoms with Crippen molar-refractivity contribution < 1.29 is 22.7 Å². The molecule has 2 heterocycles. The number of carbonyl (C=O) groups excluding carboxylic acids is 1. The molecular weight excluding hydrogens is 448 g/mol. The Labute approximate surface area is 193 Å². The molecule has 2 aliphatic heterocycles. The van der Waals surface area contributed by atoms with Crippen LogP contribution in [-0.2, 0) is 14.8 Å². The minimum absolute atomic E-state index is 0.00582. The maximum Gasteiger partial charge on any atom is 0.243 e. The van der Waals surface area contributed by atoms with Gasteiger partial charge in [0.15, 0.2) is 11.5 Å². The number of carbonyl (C=O) groups is 1. The fourth-order valence-electron chi connectivity index (χ4n) is 3.82. The van der Waals surface area contributed by atoms with E-state index >= 15 is 0 Å². The topological polar surface area (TPSA) is 84.9 Å². The molecule has 0 unspecified atom stereocenters. The Hall–Kier alpha value is -2.23. The molecule has 32 heavy (non-hydrogen) atoms. The average molecular weight is 477 g/mol. The van der Waals surface area contributed by atoms with Crippen LogP contribution in [0.25, 0.3) is 0 Å². The van der Waals surface area contributed by atoms with Crippen molar-refractivity contribution in [3.8, 4) is 11.5 Å². The van der Waals surface area contributed by atoms with Gasteiger partial charge in [0, 0.05) is 48.7 Å². The van der Waals surface area contributed by atoms with Crippen molar-refractivity contribution in [1.82, 2.24) is 9.62 Å². The van der Waals surface area contributed by atoms with Gasteiger partial charge >= 0.3 is 0 Å². The summed E-state index contributed by atoms with van der Waals surface area (Å²) in [5, 5.41) is 2.99. The number of hydrogen-bond acceptors (Lipinski definition) is 6. The first-order chi connectivity index (χ1) is 15.5. The van der Waals surface area contributed by atoms with Gasteiger partial charge in [-0.25, -0.2) is 8.42 Å². The summed E-state index contributed by atoms with van der Waals surface area (Å²) in [6.45, 7) is 2.30. The maximum atomic E-state index is 13.1. The molecule has 4 rings (SSSR count). The van der Waals surface area contributed by atoms with Crippen LogP contribution < -0.4 is 14.8 Å². The Balaban J connectivity index is 1.27. The van der Waals surface area contributed by atoms with Crippen molar-refractivity contribution in [2.24, 2.45) is 5.92 Å². The van der Waals surface area contributed by atoms with Crippen LogP contribution in [0.3, 0.4) is 0 Å². The predicted octanol–water partition coefficient (Wildman–Crippen LogP) is 3.16. The average Bonchev–Trinajstić information content (AvgIpc) is 3.07. The zero-order chi connectivity index (χ0) is 22.4. The van der Waals surface area contributed by atoms with E-state index in [-0.39, 0.29) is 16.7 Å². The Morgan fingerprint density at radius 1 is 1.03 bits per heavy atom. The van der Waals surface area contributed by atoms with Crippen LogP contribution in [-0.4, -0.2) is 57.2 Å². The Kier molecular flexibility index (Phi) is 7.59. The highest BCUT2D eigenvalue weighted by molar-refractivity contribution is 7.99. The van der Waals surface area contributed by atoms with Gasteiger partial charge in [0.05, 0.1) is 18.1 Å². The number of piperidine rings is 1. The number of rotatable bonds is 7. The third-order valence-electron chi connectivity index (χ3n) is 5.59. The molecule has 2 aromatic rings. The van der Waals surface area contributed by atoms with Crippen molar-refractivity contribution in [3.05, 3.63) is 48.5 Å². The predicted molar refractivity (Wildman–Crippen MR) is 124 cm³/mol. The molecule has 1 fully saturated rings. The van der Waals surface area contributed by atoms with Gasteiger partial charge in [-0.1, -0.05) is 18.2 Å². The van der Waals surface area contributed by atoms with E-state index in [2.05, 4.69) is 5.32 Å². The maximum absolute atomic E-state index is 13.1. The number of thioether (sulfide) groups is 1. The van der Waals surface area contributed by atoms with Crippen LogP contribution >= 0.6 is 11.8 Å². The van der Waals surface area contributed by atoms with Gasteiger partial charge in [-0.15, -0.1) is 11.8 Å². The summed E-state index contributed by atoms with van der Waals surface area (Å²) < 4.78 is 38.9. The first kappa shape index (κ1) is 22.9. The fraction of sp³-hybridized carbons (Fsp3) is 0.435. The normalized spacial score (nSPS) is 17.5. The highest BCUT2D eigenvalue weighted by Gasteiger charge is 2.32. The SMILES string of the molecule is O=C(NCCSc1ccccc1)C1CCN(S(=O)(=O)c2ccc3c(c2)OCCCO3)CC1. The summed E-state index contributed by atoms with van der Waals surface area (Å²) in [6.07, 6.45) is 1.79. The molecule has 0 spiro atoms. The lowest BCUT2D eigenvalue weighted by molar-refractivity contribution is -0.125. The molecule has 9 heteroatoms. The number of nitrogens with zero attached hydrogens (tertiary/aromatic N) is 1. The largest absolute Gasteiger partial charge is 0.490 e. The Morgan fingerprint density at radius 2 is 1.75 bits per heavy atom. The van der Waals surface area contributed by atoms with Crippen LogP contribution in [0.2, 0.25) is 0 Å². The summed E-state index contributed by atoms with van der Waals surface area (Å²) in [5.74, 6) is 1.68. The zero-order valence-corrected chi connectivity index (χ0v) is 19.5. The molecule has 7 nitrogen and oxygen atoms in total. The van der Waals surface area contributed by atoms with E-state index in [0.717, 1.165) is 12.2 Å². The summed E-state index contributed by atoms with van der Waals surface area (Å²) in [4.78, 5) is 13.9. The highest BCUT2D eigenvalue weighted by Crippen LogP contribution is 2.33. The molecule has 0 bridgehead atoms. The van der Waals surface area contributed by atoms with E-state index in [4.69, 9.17) is 9.47 Å². The van der Waals surface area contributed by atoms with Crippen LogP contribution in [0.5, 0.6) is 11.5 Å². The summed E-state index contributed by atoms with van der Waals surface area (Å²) in [5.41, 5.74) is 0. The lowest BCUT2D eigenvalue weighted by Gasteiger charge is -2.30. The lowest BCUT2D eigenvalue weighted by atomic mass is 9.97. The molecule has 172 valence electrons. The van der Waals surface area contributed by atoms with Gasteiger partial charge in [0.2, 0.25) is 15.9 Å². The number of fused-ring (bicyclic) bond motifs is 1. The van der Waals surface area contributed by atoms with E-state index in [9.17, 15) is 13.2 Å². The third kappa shape index (κ3) is 5.57. The number of nitrogens with one attached hydrogen (secondary N) is 1. The molecule has 0 saturated carbocycles. The second-order valence-electron chi connectivity index (χ2n) is 7.79. The number of amides is 1. The Morgan fingerprint density at radius 3 is 2.50 bits per heavy atom. The van der Waals surface area contributed by atoms with Gasteiger partial charge < -0.3 is 14.8 Å². The minimum Gasteiger partial charge on any atom is -0.490 e. The molecule has 1 amide bonds. The van der Waals surface area contributed by atoms with Crippen molar-refractivity contribution >= 4 is 27.7 Å². The van der Waals surface area contributed by atoms with E-state index in [0.29, 0.717) is 57.2 Å². The summed E-state index contributed by atoms with van der Waals surface area (Å²) >= 11 is 1.70. The molecule has 1 saturated heterocycles. The van der Waals surface area contributed by atoms with E-state index in [1.165, 1.54) is 9.20 Å². The second-order valence-corrected chi connectivity index (χ2v) is 10.9. The quantitative estimate of drug-likeness (QED) is 0.488. The van der Waals surface area contributed by atoms with Gasteiger partial charge in [0.25, 0.3) is 0 Å². The van der Waals surface area contributed by atoms with Gasteiger partial charge in [-0.05, 0) is 37.1 Å². The third-order valence-corrected chi connectivity index (χ3v) is 8.50. The molecule has 0 atom stereocenters. The number of benzene rings is 2. The van der Waals surface area contributed by atoms with Crippen molar-refractivity contribution in [1.29, 1.82) is 0 Å². The highest BCUT2D eigenvalue weighted by atomic mass is 32.2. The van der Waals surface area contributed by atoms with Crippen LogP contribution in [0.4, 0.5) is 0 Å². The van der Waals surface area contributed by atoms with E-state index in [1.54, 1.807) is 30.0 Å². The summed E-state index contributed by atoms with van der Waals surface area (Å²) in [7, 11) is -3.65. The number of ether oxygens (including phenoxy) is 2. The standard InChI is InChI=1S/C23H28N2O5S2/c26-23(24-11-16-31-19-5-2-1-3-6-19)18-9-12-25(13-10-18)32(27,28)20-7-8-21-22(17-20)30-15-4-14-29-21/h1-3,5-8,17-18H,4,9-16H2,(H,24,26). The molecule has 0 aliphatic carbocycles. The van der Waals surface area contributed by atoms with Crippen molar-refractivity contribution in [2.45, 2.75) is 29.1 Å². The smallest absolute Gasteiger partial charge is 0.243 e. The van der Waals surface area contributed by atoms with Gasteiger partial charge in [-0.3, -0.25) is 4.79 Å². The van der Waals surface area contributed by atoms with Crippen molar-refractivity contribution in [2.75, 3.05) is 38.6 Å². The number of sulfonamides is 1. The minimum atomic E-state index is -3.65. The molecule has 2 aliphatic rings. The van der Waals surface area contributed by atoms with Crippen molar-refractivity contribution in [3.63, 3.8) is 0 Å². The monoisotopic (exact) mass is 476 g/mol. The Bertz CT molecular complexity index is 1020. The number of hydrogen-bond donors (Lipinski definition) is 1. The molecule has 2 aromatic carbocycles. The zero-order valence-electron chi connectivity index (χ0n) is 17.9. The van der Waals surface area contributed by atoms with Crippen LogP contribution in [0.15, 0.2) is 58.3 Å². The first-order valence-electron chi connectivity index (χ1n) is 10.9. The van der Waals surface area contributed by atoms with Gasteiger partial charge in [0.1, 0.15) is 0 Å².